The van der Waals surface area contributed by atoms with Crippen LogP contribution < -0.4 is 0 Å². The minimum Gasteiger partial charge on any atom is -0.394 e. The van der Waals surface area contributed by atoms with E-state index in [0.29, 0.717) is 0 Å². The number of amides is 1. The number of aliphatic hydroxyl groups is 1. The number of hydrogen-bond donors (Lipinski definition) is 1. The lowest BCUT2D eigenvalue weighted by Gasteiger charge is -2.32. The molecule has 70 valence electrons. The Labute approximate surface area is 73.4 Å². The van der Waals surface area contributed by atoms with Gasteiger partial charge in [-0.15, -0.1) is 0 Å². The maximum atomic E-state index is 11.5. The van der Waals surface area contributed by atoms with Crippen molar-refractivity contribution in [2.75, 3.05) is 13.7 Å². The lowest BCUT2D eigenvalue weighted by Crippen LogP contribution is -2.42. The van der Waals surface area contributed by atoms with Gasteiger partial charge < -0.3 is 10.0 Å². The van der Waals surface area contributed by atoms with Gasteiger partial charge in [-0.2, -0.15) is 0 Å². The van der Waals surface area contributed by atoms with Gasteiger partial charge in [0.25, 0.3) is 0 Å². The van der Waals surface area contributed by atoms with Crippen LogP contribution in [0.25, 0.3) is 0 Å². The largest absolute Gasteiger partial charge is 0.394 e. The summed E-state index contributed by atoms with van der Waals surface area (Å²) in [5, 5.41) is 8.83. The number of rotatable bonds is 3. The Kier molecular flexibility index (Phi) is 3.09. The van der Waals surface area contributed by atoms with Gasteiger partial charge in [0.15, 0.2) is 0 Å². The van der Waals surface area contributed by atoms with Crippen molar-refractivity contribution >= 4 is 5.91 Å². The molecule has 1 saturated carbocycles. The van der Waals surface area contributed by atoms with E-state index in [1.54, 1.807) is 11.9 Å². The fourth-order valence-corrected chi connectivity index (χ4v) is 1.28. The number of hydrogen-bond acceptors (Lipinski definition) is 2. The van der Waals surface area contributed by atoms with E-state index in [4.69, 9.17) is 5.11 Å². The molecule has 0 spiro atoms. The predicted octanol–water partition coefficient (Wildman–Crippen LogP) is 0.626. The summed E-state index contributed by atoms with van der Waals surface area (Å²) in [4.78, 5) is 13.2. The second kappa shape index (κ2) is 3.90. The second-order valence-electron chi connectivity index (χ2n) is 3.61. The monoisotopic (exact) mass is 171 g/mol. The lowest BCUT2D eigenvalue weighted by molar-refractivity contribution is -0.139. The van der Waals surface area contributed by atoms with Gasteiger partial charge in [0.05, 0.1) is 12.6 Å². The van der Waals surface area contributed by atoms with Crippen LogP contribution in [0, 0.1) is 5.92 Å². The van der Waals surface area contributed by atoms with Crippen LogP contribution in [-0.2, 0) is 4.79 Å². The van der Waals surface area contributed by atoms with E-state index in [0.717, 1.165) is 12.8 Å². The lowest BCUT2D eigenvalue weighted by atomic mass is 9.84. The molecule has 3 heteroatoms. The topological polar surface area (TPSA) is 40.5 Å². The van der Waals surface area contributed by atoms with Crippen LogP contribution in [0.4, 0.5) is 0 Å². The molecule has 1 rings (SSSR count). The van der Waals surface area contributed by atoms with Gasteiger partial charge >= 0.3 is 0 Å². The van der Waals surface area contributed by atoms with Crippen LogP contribution in [0.2, 0.25) is 0 Å². The van der Waals surface area contributed by atoms with Gasteiger partial charge in [0.1, 0.15) is 0 Å². The smallest absolute Gasteiger partial charge is 0.225 e. The SMILES string of the molecule is CC(CO)N(C)C(=O)C1CCC1. The summed E-state index contributed by atoms with van der Waals surface area (Å²) < 4.78 is 0. The molecule has 0 heterocycles. The Morgan fingerprint density at radius 2 is 2.25 bits per heavy atom. The molecule has 1 N–H and O–H groups in total. The molecule has 0 aromatic rings. The Bertz CT molecular complexity index is 166. The average molecular weight is 171 g/mol. The summed E-state index contributed by atoms with van der Waals surface area (Å²) in [6.45, 7) is 1.91. The number of aliphatic hydroxyl groups excluding tert-OH is 1. The number of likely N-dealkylation sites (N-methyl/N-ethyl adjacent to an activating group) is 1. The van der Waals surface area contributed by atoms with E-state index < -0.39 is 0 Å². The fourth-order valence-electron chi connectivity index (χ4n) is 1.28. The second-order valence-corrected chi connectivity index (χ2v) is 3.61. The molecule has 1 aliphatic rings. The third-order valence-electron chi connectivity index (χ3n) is 2.73. The van der Waals surface area contributed by atoms with E-state index in [1.165, 1.54) is 6.42 Å². The first-order chi connectivity index (χ1) is 5.66. The van der Waals surface area contributed by atoms with Gasteiger partial charge in [-0.05, 0) is 19.8 Å². The Hall–Kier alpha value is -0.570. The quantitative estimate of drug-likeness (QED) is 0.676. The van der Waals surface area contributed by atoms with Crippen LogP contribution in [0.15, 0.2) is 0 Å². The first-order valence-electron chi connectivity index (χ1n) is 4.54. The highest BCUT2D eigenvalue weighted by molar-refractivity contribution is 5.79. The molecule has 12 heavy (non-hydrogen) atoms. The maximum Gasteiger partial charge on any atom is 0.225 e. The van der Waals surface area contributed by atoms with Crippen molar-refractivity contribution in [1.82, 2.24) is 4.90 Å². The fraction of sp³-hybridized carbons (Fsp3) is 0.889. The number of carbonyl (C=O) groups is 1. The maximum absolute atomic E-state index is 11.5. The first kappa shape index (κ1) is 9.52. The summed E-state index contributed by atoms with van der Waals surface area (Å²) in [7, 11) is 1.77. The van der Waals surface area contributed by atoms with Crippen molar-refractivity contribution in [2.24, 2.45) is 5.92 Å². The molecule has 1 amide bonds. The van der Waals surface area contributed by atoms with E-state index in [1.807, 2.05) is 6.92 Å². The third kappa shape index (κ3) is 1.78. The van der Waals surface area contributed by atoms with Crippen LogP contribution >= 0.6 is 0 Å². The number of carbonyl (C=O) groups excluding carboxylic acids is 1. The van der Waals surface area contributed by atoms with Crippen LogP contribution in [0.1, 0.15) is 26.2 Å². The van der Waals surface area contributed by atoms with Crippen molar-refractivity contribution in [3.05, 3.63) is 0 Å². The molecule has 1 aliphatic carbocycles. The molecule has 1 fully saturated rings. The van der Waals surface area contributed by atoms with Gasteiger partial charge in [-0.25, -0.2) is 0 Å². The Morgan fingerprint density at radius 1 is 1.67 bits per heavy atom. The summed E-state index contributed by atoms with van der Waals surface area (Å²) in [6.07, 6.45) is 3.24. The highest BCUT2D eigenvalue weighted by Gasteiger charge is 2.29. The Balaban J connectivity index is 2.39. The molecule has 0 radical (unpaired) electrons. The van der Waals surface area contributed by atoms with Gasteiger partial charge in [-0.3, -0.25) is 4.79 Å². The normalized spacial score (nSPS) is 19.9. The van der Waals surface area contributed by atoms with Crippen molar-refractivity contribution in [3.63, 3.8) is 0 Å². The molecule has 0 aliphatic heterocycles. The summed E-state index contributed by atoms with van der Waals surface area (Å²) >= 11 is 0. The summed E-state index contributed by atoms with van der Waals surface area (Å²) in [5.74, 6) is 0.437. The van der Waals surface area contributed by atoms with E-state index in [-0.39, 0.29) is 24.5 Å². The molecule has 0 saturated heterocycles. The zero-order chi connectivity index (χ0) is 9.14. The van der Waals surface area contributed by atoms with Crippen molar-refractivity contribution < 1.29 is 9.90 Å². The standard InChI is InChI=1S/C9H17NO2/c1-7(6-11)10(2)9(12)8-4-3-5-8/h7-8,11H,3-6H2,1-2H3. The summed E-state index contributed by atoms with van der Waals surface area (Å²) in [6, 6.07) is -0.0434. The van der Waals surface area contributed by atoms with E-state index in [9.17, 15) is 4.79 Å². The van der Waals surface area contributed by atoms with Crippen LogP contribution in [0.3, 0.4) is 0 Å². The highest BCUT2D eigenvalue weighted by atomic mass is 16.3. The van der Waals surface area contributed by atoms with Gasteiger partial charge in [0.2, 0.25) is 5.91 Å². The van der Waals surface area contributed by atoms with Crippen molar-refractivity contribution in [2.45, 2.75) is 32.2 Å². The average Bonchev–Trinajstić information content (AvgIpc) is 1.98. The van der Waals surface area contributed by atoms with Crippen LogP contribution in [-0.4, -0.2) is 35.6 Å². The molecule has 0 aromatic heterocycles. The Morgan fingerprint density at radius 3 is 2.58 bits per heavy atom. The van der Waals surface area contributed by atoms with Gasteiger partial charge in [0, 0.05) is 13.0 Å². The molecular formula is C9H17NO2. The first-order valence-corrected chi connectivity index (χ1v) is 4.54. The predicted molar refractivity (Wildman–Crippen MR) is 46.7 cm³/mol. The molecule has 1 atom stereocenters. The van der Waals surface area contributed by atoms with E-state index >= 15 is 0 Å². The highest BCUT2D eigenvalue weighted by Crippen LogP contribution is 2.28. The molecule has 3 nitrogen and oxygen atoms in total. The van der Waals surface area contributed by atoms with Crippen LogP contribution in [0.5, 0.6) is 0 Å². The molecule has 0 bridgehead atoms. The van der Waals surface area contributed by atoms with Gasteiger partial charge in [-0.1, -0.05) is 6.42 Å². The van der Waals surface area contributed by atoms with Crippen molar-refractivity contribution in [1.29, 1.82) is 0 Å². The minimum absolute atomic E-state index is 0.0434. The summed E-state index contributed by atoms with van der Waals surface area (Å²) in [5.41, 5.74) is 0. The molecule has 0 aromatic carbocycles. The molecule has 1 unspecified atom stereocenters. The zero-order valence-corrected chi connectivity index (χ0v) is 7.79. The zero-order valence-electron chi connectivity index (χ0n) is 7.79. The minimum atomic E-state index is -0.0434. The third-order valence-corrected chi connectivity index (χ3v) is 2.73. The molecular weight excluding hydrogens is 154 g/mol. The van der Waals surface area contributed by atoms with E-state index in [2.05, 4.69) is 0 Å². The van der Waals surface area contributed by atoms with Crippen molar-refractivity contribution in [3.8, 4) is 0 Å². The number of nitrogens with zero attached hydrogens (tertiary/aromatic N) is 1.